The molecule has 5 rings (SSSR count). The third-order valence-corrected chi connectivity index (χ3v) is 5.90. The number of carbonyl (C=O) groups excluding carboxylic acids is 2. The molecule has 11 heteroatoms. The van der Waals surface area contributed by atoms with E-state index in [1.54, 1.807) is 36.5 Å². The number of carbonyl (C=O) groups is 2. The topological polar surface area (TPSA) is 103 Å². The highest BCUT2D eigenvalue weighted by Gasteiger charge is 2.43. The van der Waals surface area contributed by atoms with Gasteiger partial charge >= 0.3 is 6.36 Å². The number of rotatable bonds is 6. The number of nitrogens with one attached hydrogen (secondary N) is 2. The van der Waals surface area contributed by atoms with E-state index in [9.17, 15) is 22.8 Å². The summed E-state index contributed by atoms with van der Waals surface area (Å²) in [6.45, 7) is 0.551. The summed E-state index contributed by atoms with van der Waals surface area (Å²) in [6.07, 6.45) is -1.49. The van der Waals surface area contributed by atoms with Crippen molar-refractivity contribution < 1.29 is 37.0 Å². The van der Waals surface area contributed by atoms with Crippen molar-refractivity contribution >= 4 is 23.3 Å². The van der Waals surface area contributed by atoms with Crippen LogP contribution in [0.3, 0.4) is 0 Å². The molecule has 0 spiro atoms. The highest BCUT2D eigenvalue weighted by atomic mass is 19.4. The first kappa shape index (κ1) is 23.2. The number of halogens is 3. The van der Waals surface area contributed by atoms with E-state index in [0.717, 1.165) is 0 Å². The van der Waals surface area contributed by atoms with Crippen molar-refractivity contribution in [3.05, 3.63) is 83.8 Å². The van der Waals surface area contributed by atoms with E-state index in [-0.39, 0.29) is 18.8 Å². The molecule has 1 amide bonds. The number of alkyl halides is 3. The fourth-order valence-corrected chi connectivity index (χ4v) is 4.33. The van der Waals surface area contributed by atoms with Crippen LogP contribution in [0.4, 0.5) is 13.2 Å². The Morgan fingerprint density at radius 2 is 1.97 bits per heavy atom. The zero-order chi connectivity index (χ0) is 25.3. The van der Waals surface area contributed by atoms with E-state index in [1.807, 2.05) is 0 Å². The van der Waals surface area contributed by atoms with Crippen molar-refractivity contribution in [3.8, 4) is 17.2 Å². The van der Waals surface area contributed by atoms with E-state index < -0.39 is 17.8 Å². The molecule has 1 aliphatic heterocycles. The number of nitrogens with zero attached hydrogens (tertiary/aromatic N) is 1. The smallest absolute Gasteiger partial charge is 0.491 e. The number of hydrogen-bond donors (Lipinski definition) is 2. The highest BCUT2D eigenvalue weighted by molar-refractivity contribution is 6.00. The van der Waals surface area contributed by atoms with Crippen LogP contribution >= 0.6 is 0 Å². The minimum Gasteiger partial charge on any atom is -0.491 e. The number of aromatic nitrogens is 2. The summed E-state index contributed by atoms with van der Waals surface area (Å²) in [5.74, 6) is -0.0488. The Hall–Kier alpha value is -4.54. The lowest BCUT2D eigenvalue weighted by molar-refractivity contribution is -0.274. The summed E-state index contributed by atoms with van der Waals surface area (Å²) < 4.78 is 52.6. The maximum absolute atomic E-state index is 13.5. The molecule has 1 aliphatic rings. The molecule has 8 nitrogen and oxygen atoms in total. The minimum atomic E-state index is -4.83. The molecule has 2 aromatic carbocycles. The predicted octanol–water partition coefficient (Wildman–Crippen LogP) is 4.45. The van der Waals surface area contributed by atoms with Crippen LogP contribution in [0, 0.1) is 0 Å². The van der Waals surface area contributed by atoms with E-state index >= 15 is 0 Å². The maximum atomic E-state index is 13.5. The van der Waals surface area contributed by atoms with Gasteiger partial charge < -0.3 is 24.5 Å². The zero-order valence-corrected chi connectivity index (χ0v) is 18.5. The summed E-state index contributed by atoms with van der Waals surface area (Å²) in [4.78, 5) is 31.6. The van der Waals surface area contributed by atoms with E-state index in [1.165, 1.54) is 30.5 Å². The molecule has 184 valence electrons. The van der Waals surface area contributed by atoms with Gasteiger partial charge in [0.25, 0.3) is 12.4 Å². The molecule has 1 atom stereocenters. The first-order chi connectivity index (χ1) is 17.3. The summed E-state index contributed by atoms with van der Waals surface area (Å²) in [6, 6.07) is 13.5. The maximum Gasteiger partial charge on any atom is 0.573 e. The lowest BCUT2D eigenvalue weighted by Crippen LogP contribution is -2.50. The Morgan fingerprint density at radius 1 is 1.17 bits per heavy atom. The van der Waals surface area contributed by atoms with Crippen LogP contribution in [0.5, 0.6) is 17.2 Å². The van der Waals surface area contributed by atoms with Crippen LogP contribution in [0.2, 0.25) is 0 Å². The third-order valence-electron chi connectivity index (χ3n) is 5.90. The second-order valence-electron chi connectivity index (χ2n) is 8.01. The second kappa shape index (κ2) is 8.91. The molecule has 3 heterocycles. The number of pyridine rings is 1. The van der Waals surface area contributed by atoms with Crippen LogP contribution < -0.4 is 19.5 Å². The molecule has 2 aromatic heterocycles. The normalized spacial score (nSPS) is 17.1. The van der Waals surface area contributed by atoms with Gasteiger partial charge in [-0.15, -0.1) is 13.2 Å². The van der Waals surface area contributed by atoms with Gasteiger partial charge in [0.05, 0.1) is 12.1 Å². The first-order valence-electron chi connectivity index (χ1n) is 10.8. The predicted molar refractivity (Wildman–Crippen MR) is 121 cm³/mol. The molecule has 0 saturated heterocycles. The van der Waals surface area contributed by atoms with E-state index in [0.29, 0.717) is 45.7 Å². The van der Waals surface area contributed by atoms with Crippen molar-refractivity contribution in [1.82, 2.24) is 15.3 Å². The summed E-state index contributed by atoms with van der Waals surface area (Å²) >= 11 is 0. The first-order valence-corrected chi connectivity index (χ1v) is 10.8. The number of fused-ring (bicyclic) bond motifs is 2. The zero-order valence-electron chi connectivity index (χ0n) is 18.5. The number of hydrogen-bond acceptors (Lipinski definition) is 6. The number of H-pyrrole nitrogens is 1. The Balaban J connectivity index is 1.53. The number of ether oxygens (including phenoxy) is 3. The third kappa shape index (κ3) is 4.30. The largest absolute Gasteiger partial charge is 0.573 e. The Morgan fingerprint density at radius 3 is 2.72 bits per heavy atom. The number of benzene rings is 2. The standard InChI is InChI=1S/C25H18F3N3O5/c26-25(27,28)36-17-6-4-16(5-7-17)24(9-11-34-20-2-1-10-29-22(20)24)31-23(33)15-3-8-18-19(12-15)30-13-21(18)35-14-32/h1-8,10,12-14,30H,9,11H2,(H,31,33). The quantitative estimate of drug-likeness (QED) is 0.382. The molecule has 2 N–H and O–H groups in total. The van der Waals surface area contributed by atoms with Crippen LogP contribution in [-0.4, -0.2) is 35.3 Å². The Labute approximate surface area is 202 Å². The van der Waals surface area contributed by atoms with Crippen molar-refractivity contribution in [2.45, 2.75) is 18.3 Å². The van der Waals surface area contributed by atoms with Crippen LogP contribution in [0.25, 0.3) is 10.9 Å². The number of amides is 1. The van der Waals surface area contributed by atoms with Crippen molar-refractivity contribution in [1.29, 1.82) is 0 Å². The van der Waals surface area contributed by atoms with E-state index in [2.05, 4.69) is 20.0 Å². The molecule has 0 radical (unpaired) electrons. The molecule has 0 aliphatic carbocycles. The molecular weight excluding hydrogens is 479 g/mol. The lowest BCUT2D eigenvalue weighted by Gasteiger charge is -2.39. The Kier molecular flexibility index (Phi) is 5.75. The van der Waals surface area contributed by atoms with Crippen molar-refractivity contribution in [2.24, 2.45) is 0 Å². The van der Waals surface area contributed by atoms with Gasteiger partial charge in [-0.1, -0.05) is 12.1 Å². The van der Waals surface area contributed by atoms with Gasteiger partial charge in [0.15, 0.2) is 5.75 Å². The van der Waals surface area contributed by atoms with Crippen LogP contribution in [0.1, 0.15) is 28.0 Å². The molecular formula is C25H18F3N3O5. The van der Waals surface area contributed by atoms with Crippen LogP contribution in [0.15, 0.2) is 67.0 Å². The minimum absolute atomic E-state index is 0.238. The van der Waals surface area contributed by atoms with Crippen LogP contribution in [-0.2, 0) is 10.3 Å². The summed E-state index contributed by atoms with van der Waals surface area (Å²) in [7, 11) is 0. The molecule has 0 bridgehead atoms. The average molecular weight is 497 g/mol. The monoisotopic (exact) mass is 497 g/mol. The molecule has 0 saturated carbocycles. The fourth-order valence-electron chi connectivity index (χ4n) is 4.33. The van der Waals surface area contributed by atoms with Gasteiger partial charge in [0.1, 0.15) is 22.7 Å². The van der Waals surface area contributed by atoms with Gasteiger partial charge in [0, 0.05) is 29.8 Å². The number of aromatic amines is 1. The highest BCUT2D eigenvalue weighted by Crippen LogP contribution is 2.41. The summed E-state index contributed by atoms with van der Waals surface area (Å²) in [5, 5.41) is 3.66. The van der Waals surface area contributed by atoms with Gasteiger partial charge in [-0.3, -0.25) is 14.6 Å². The average Bonchev–Trinajstić information content (AvgIpc) is 3.26. The Bertz CT molecular complexity index is 1440. The molecule has 1 unspecified atom stereocenters. The molecule has 0 fully saturated rings. The van der Waals surface area contributed by atoms with Crippen molar-refractivity contribution in [2.75, 3.05) is 6.61 Å². The van der Waals surface area contributed by atoms with Crippen molar-refractivity contribution in [3.63, 3.8) is 0 Å². The summed E-state index contributed by atoms with van der Waals surface area (Å²) in [5.41, 5.74) is 0.641. The van der Waals surface area contributed by atoms with E-state index in [4.69, 9.17) is 9.47 Å². The lowest BCUT2D eigenvalue weighted by atomic mass is 9.81. The second-order valence-corrected chi connectivity index (χ2v) is 8.01. The molecule has 36 heavy (non-hydrogen) atoms. The van der Waals surface area contributed by atoms with Gasteiger partial charge in [-0.25, -0.2) is 0 Å². The SMILES string of the molecule is O=COc1c[nH]c2cc(C(=O)NC3(c4ccc(OC(F)(F)F)cc4)CCOc4cccnc43)ccc12. The van der Waals surface area contributed by atoms with Gasteiger partial charge in [0.2, 0.25) is 0 Å². The fraction of sp³-hybridized carbons (Fsp3) is 0.160. The molecule has 4 aromatic rings. The van der Waals surface area contributed by atoms with Gasteiger partial charge in [-0.05, 0) is 48.0 Å². The van der Waals surface area contributed by atoms with Gasteiger partial charge in [-0.2, -0.15) is 0 Å².